The number of aliphatic carboxylic acids is 1. The number of aromatic nitrogens is 1. The number of pyridine rings is 1. The molecular weight excluding hydrogens is 544 g/mol. The van der Waals surface area contributed by atoms with Crippen LogP contribution in [0.3, 0.4) is 0 Å². The summed E-state index contributed by atoms with van der Waals surface area (Å²) in [5.74, 6) is -12.6. The maximum Gasteiger partial charge on any atom is 0.321 e. The number of nitrogens with one attached hydrogen (secondary N) is 2. The molecule has 0 bridgehead atoms. The predicted octanol–water partition coefficient (Wildman–Crippen LogP) is 2.84. The lowest BCUT2D eigenvalue weighted by molar-refractivity contribution is -0.140. The summed E-state index contributed by atoms with van der Waals surface area (Å²) >= 11 is 0. The number of halogens is 4. The third-order valence-corrected chi connectivity index (χ3v) is 5.81. The Morgan fingerprint density at radius 3 is 2.17 bits per heavy atom. The number of carboxylic acid groups (broad SMARTS) is 1. The summed E-state index contributed by atoms with van der Waals surface area (Å²) in [7, 11) is 0. The number of carbonyl (C=O) groups is 4. The summed E-state index contributed by atoms with van der Waals surface area (Å²) in [5.41, 5.74) is -0.892. The van der Waals surface area contributed by atoms with Gasteiger partial charge in [-0.2, -0.15) is 8.78 Å². The number of rotatable bonds is 13. The molecule has 2 rings (SSSR count). The highest BCUT2D eigenvalue weighted by molar-refractivity contribution is 5.94. The van der Waals surface area contributed by atoms with Crippen LogP contribution in [0, 0.1) is 23.3 Å². The van der Waals surface area contributed by atoms with Crippen LogP contribution in [-0.2, 0) is 14.4 Å². The normalized spacial score (nSPS) is 12.3. The number of carbonyl (C=O) groups excluding carboxylic acids is 3. The number of hydrogen-bond acceptors (Lipinski definition) is 6. The first-order valence-electron chi connectivity index (χ1n) is 12.1. The molecule has 2 unspecified atom stereocenters. The first-order chi connectivity index (χ1) is 18.9. The number of nitrogens with zero attached hydrogens (tertiary/aromatic N) is 2. The molecule has 2 atom stereocenters. The van der Waals surface area contributed by atoms with Crippen molar-refractivity contribution >= 4 is 29.4 Å². The quantitative estimate of drug-likeness (QED) is 0.247. The number of amides is 3. The number of urea groups is 1. The molecule has 3 amide bonds. The Hall–Kier alpha value is -4.43. The fourth-order valence-electron chi connectivity index (χ4n) is 3.67. The number of ether oxygens (including phenoxy) is 1. The van der Waals surface area contributed by atoms with Crippen LogP contribution in [0.25, 0.3) is 0 Å². The minimum Gasteiger partial charge on any atom is -0.481 e. The number of ketones is 1. The number of hydrogen-bond donors (Lipinski definition) is 3. The summed E-state index contributed by atoms with van der Waals surface area (Å²) < 4.78 is 60.1. The van der Waals surface area contributed by atoms with Crippen molar-refractivity contribution in [2.45, 2.75) is 45.7 Å². The molecule has 0 fully saturated rings. The SMILES string of the molecule is CCC(C(=O)NC(CC(=O)O)C(=O)COc1c(F)c(F)cc(F)c1F)n1cccc(NC(=O)N(CC)CC)c1=O. The molecule has 0 saturated heterocycles. The Kier molecular flexibility index (Phi) is 11.2. The van der Waals surface area contributed by atoms with Gasteiger partial charge in [0.15, 0.2) is 23.2 Å². The van der Waals surface area contributed by atoms with E-state index in [2.05, 4.69) is 15.4 Å². The summed E-state index contributed by atoms with van der Waals surface area (Å²) in [6.07, 6.45) is 0.259. The zero-order valence-corrected chi connectivity index (χ0v) is 21.8. The summed E-state index contributed by atoms with van der Waals surface area (Å²) in [4.78, 5) is 63.8. The number of Topliss-reactive ketones (excluding diaryl/α,β-unsaturated/α-hetero) is 1. The molecule has 0 aliphatic carbocycles. The third kappa shape index (κ3) is 7.57. The van der Waals surface area contributed by atoms with Gasteiger partial charge in [-0.1, -0.05) is 6.92 Å². The van der Waals surface area contributed by atoms with Gasteiger partial charge in [0.25, 0.3) is 5.56 Å². The Bertz CT molecular complexity index is 1300. The van der Waals surface area contributed by atoms with Crippen LogP contribution in [0.1, 0.15) is 39.7 Å². The Morgan fingerprint density at radius 1 is 1.05 bits per heavy atom. The number of carboxylic acids is 1. The van der Waals surface area contributed by atoms with Gasteiger partial charge >= 0.3 is 12.0 Å². The van der Waals surface area contributed by atoms with Crippen molar-refractivity contribution in [1.82, 2.24) is 14.8 Å². The van der Waals surface area contributed by atoms with Gasteiger partial charge in [0.05, 0.1) is 6.42 Å². The Morgan fingerprint density at radius 2 is 1.65 bits per heavy atom. The molecule has 40 heavy (non-hydrogen) atoms. The maximum atomic E-state index is 13.8. The second-order valence-corrected chi connectivity index (χ2v) is 8.37. The van der Waals surface area contributed by atoms with Gasteiger partial charge in [0.2, 0.25) is 17.5 Å². The smallest absolute Gasteiger partial charge is 0.321 e. The predicted molar refractivity (Wildman–Crippen MR) is 133 cm³/mol. The first-order valence-corrected chi connectivity index (χ1v) is 12.1. The van der Waals surface area contributed by atoms with E-state index in [1.165, 1.54) is 30.2 Å². The average molecular weight is 573 g/mol. The second-order valence-electron chi connectivity index (χ2n) is 8.37. The van der Waals surface area contributed by atoms with Crippen molar-refractivity contribution in [2.75, 3.05) is 25.0 Å². The Labute approximate surface area is 225 Å². The molecule has 0 spiro atoms. The highest BCUT2D eigenvalue weighted by Crippen LogP contribution is 2.26. The van der Waals surface area contributed by atoms with E-state index < -0.39 is 83.4 Å². The largest absolute Gasteiger partial charge is 0.481 e. The van der Waals surface area contributed by atoms with E-state index in [0.29, 0.717) is 13.1 Å². The third-order valence-electron chi connectivity index (χ3n) is 5.81. The first kappa shape index (κ1) is 31.8. The van der Waals surface area contributed by atoms with Crippen LogP contribution in [-0.4, -0.2) is 64.0 Å². The van der Waals surface area contributed by atoms with Gasteiger partial charge in [-0.15, -0.1) is 0 Å². The molecular formula is C25H28F4N4O7. The summed E-state index contributed by atoms with van der Waals surface area (Å²) in [6, 6.07) is -0.962. The van der Waals surface area contributed by atoms with Gasteiger partial charge < -0.3 is 29.9 Å². The van der Waals surface area contributed by atoms with Gasteiger partial charge in [-0.25, -0.2) is 13.6 Å². The topological polar surface area (TPSA) is 147 Å². The lowest BCUT2D eigenvalue weighted by atomic mass is 10.1. The Balaban J connectivity index is 2.26. The van der Waals surface area contributed by atoms with Gasteiger partial charge in [0.1, 0.15) is 24.4 Å². The summed E-state index contributed by atoms with van der Waals surface area (Å²) in [5, 5.41) is 13.8. The van der Waals surface area contributed by atoms with E-state index in [1.807, 2.05) is 0 Å². The highest BCUT2D eigenvalue weighted by Gasteiger charge is 2.30. The van der Waals surface area contributed by atoms with Crippen LogP contribution >= 0.6 is 0 Å². The molecule has 3 N–H and O–H groups in total. The van der Waals surface area contributed by atoms with Crippen LogP contribution in [0.15, 0.2) is 29.2 Å². The molecule has 11 nitrogen and oxygen atoms in total. The van der Waals surface area contributed by atoms with Crippen LogP contribution in [0.5, 0.6) is 5.75 Å². The van der Waals surface area contributed by atoms with E-state index in [1.54, 1.807) is 13.8 Å². The van der Waals surface area contributed by atoms with Crippen molar-refractivity contribution in [2.24, 2.45) is 0 Å². The van der Waals surface area contributed by atoms with Crippen molar-refractivity contribution in [3.05, 3.63) is 58.0 Å². The second kappa shape index (κ2) is 14.1. The average Bonchev–Trinajstić information content (AvgIpc) is 2.90. The minimum atomic E-state index is -1.91. The molecule has 218 valence electrons. The standard InChI is InChI=1S/C25H28F4N4O7/c1-4-17(33-9-7-8-15(24(33)38)31-25(39)32(5-2)6-3)23(37)30-16(11-19(35)36)18(34)12-40-22-20(28)13(26)10-14(27)21(22)29/h7-10,16-17H,4-6,11-12H2,1-3H3,(H,30,37)(H,31,39)(H,35,36). The molecule has 0 radical (unpaired) electrons. The monoisotopic (exact) mass is 572 g/mol. The molecule has 2 aromatic rings. The minimum absolute atomic E-state index is 0.0113. The molecule has 1 heterocycles. The number of anilines is 1. The van der Waals surface area contributed by atoms with Crippen molar-refractivity contribution in [1.29, 1.82) is 0 Å². The lowest BCUT2D eigenvalue weighted by Crippen LogP contribution is -2.48. The lowest BCUT2D eigenvalue weighted by Gasteiger charge is -2.23. The molecule has 1 aromatic carbocycles. The molecule has 0 aliphatic heterocycles. The molecule has 15 heteroatoms. The van der Waals surface area contributed by atoms with E-state index in [4.69, 9.17) is 0 Å². The van der Waals surface area contributed by atoms with Crippen molar-refractivity contribution < 1.29 is 46.6 Å². The molecule has 0 aliphatic rings. The van der Waals surface area contributed by atoms with Crippen LogP contribution < -0.4 is 20.9 Å². The fourth-order valence-corrected chi connectivity index (χ4v) is 3.67. The van der Waals surface area contributed by atoms with E-state index in [-0.39, 0.29) is 18.2 Å². The molecule has 1 aromatic heterocycles. The van der Waals surface area contributed by atoms with E-state index in [9.17, 15) is 46.6 Å². The number of benzene rings is 1. The van der Waals surface area contributed by atoms with Crippen molar-refractivity contribution in [3.8, 4) is 5.75 Å². The van der Waals surface area contributed by atoms with Crippen LogP contribution in [0.2, 0.25) is 0 Å². The van der Waals surface area contributed by atoms with Crippen LogP contribution in [0.4, 0.5) is 28.0 Å². The van der Waals surface area contributed by atoms with Gasteiger partial charge in [-0.3, -0.25) is 19.2 Å². The molecule has 0 saturated carbocycles. The van der Waals surface area contributed by atoms with Crippen molar-refractivity contribution in [3.63, 3.8) is 0 Å². The highest BCUT2D eigenvalue weighted by atomic mass is 19.2. The van der Waals surface area contributed by atoms with Gasteiger partial charge in [0, 0.05) is 25.4 Å². The summed E-state index contributed by atoms with van der Waals surface area (Å²) in [6.45, 7) is 4.51. The zero-order valence-electron chi connectivity index (χ0n) is 21.8. The van der Waals surface area contributed by atoms with E-state index in [0.717, 1.165) is 4.57 Å². The maximum absolute atomic E-state index is 13.8. The van der Waals surface area contributed by atoms with Gasteiger partial charge in [-0.05, 0) is 32.4 Å². The van der Waals surface area contributed by atoms with E-state index >= 15 is 0 Å². The fraction of sp³-hybridized carbons (Fsp3) is 0.400. The zero-order chi connectivity index (χ0) is 30.1.